The molecule has 16 heavy (non-hydrogen) atoms. The number of nitrogens with two attached hydrogens (primary N) is 1. The predicted octanol–water partition coefficient (Wildman–Crippen LogP) is 3.17. The topological polar surface area (TPSA) is 38.0 Å². The molecule has 98 valence electrons. The predicted molar refractivity (Wildman–Crippen MR) is 73.6 cm³/mol. The van der Waals surface area contributed by atoms with Crippen LogP contribution in [0.2, 0.25) is 0 Å². The van der Waals surface area contributed by atoms with Crippen molar-refractivity contribution in [2.24, 2.45) is 17.6 Å². The van der Waals surface area contributed by atoms with Crippen molar-refractivity contribution in [1.82, 2.24) is 5.32 Å². The first-order valence-corrected chi connectivity index (χ1v) is 7.19. The lowest BCUT2D eigenvalue weighted by molar-refractivity contribution is 0.398. The summed E-state index contributed by atoms with van der Waals surface area (Å²) in [5.41, 5.74) is 5.69. The van der Waals surface area contributed by atoms with Crippen molar-refractivity contribution in [3.8, 4) is 0 Å². The van der Waals surface area contributed by atoms with Crippen LogP contribution >= 0.6 is 0 Å². The van der Waals surface area contributed by atoms with Crippen molar-refractivity contribution in [3.05, 3.63) is 0 Å². The van der Waals surface area contributed by atoms with E-state index in [2.05, 4.69) is 26.1 Å². The van der Waals surface area contributed by atoms with Crippen molar-refractivity contribution in [2.75, 3.05) is 19.6 Å². The highest BCUT2D eigenvalue weighted by atomic mass is 14.9. The molecule has 0 bridgehead atoms. The van der Waals surface area contributed by atoms with Crippen LogP contribution in [0.1, 0.15) is 59.3 Å². The van der Waals surface area contributed by atoms with Crippen molar-refractivity contribution < 1.29 is 0 Å². The van der Waals surface area contributed by atoms with Crippen LogP contribution in [0.15, 0.2) is 0 Å². The standard InChI is InChI=1S/C14H32N2/c1-4-7-8-14(6-3)12-16-10-9-13(5-2)11-15/h13-14,16H,4-12,15H2,1-3H3. The highest BCUT2D eigenvalue weighted by Gasteiger charge is 2.06. The minimum Gasteiger partial charge on any atom is -0.330 e. The average Bonchev–Trinajstić information content (AvgIpc) is 2.33. The van der Waals surface area contributed by atoms with Crippen molar-refractivity contribution in [1.29, 1.82) is 0 Å². The van der Waals surface area contributed by atoms with Crippen LogP contribution < -0.4 is 11.1 Å². The highest BCUT2D eigenvalue weighted by molar-refractivity contribution is 4.63. The maximum Gasteiger partial charge on any atom is -0.00206 e. The van der Waals surface area contributed by atoms with Crippen LogP contribution in [0.4, 0.5) is 0 Å². The first kappa shape index (κ1) is 15.9. The summed E-state index contributed by atoms with van der Waals surface area (Å²) in [6.07, 6.45) is 7.83. The number of nitrogens with one attached hydrogen (secondary N) is 1. The smallest absolute Gasteiger partial charge is 0.00206 e. The maximum atomic E-state index is 5.69. The Kier molecular flexibility index (Phi) is 11.3. The van der Waals surface area contributed by atoms with Gasteiger partial charge in [0.15, 0.2) is 0 Å². The van der Waals surface area contributed by atoms with Crippen LogP contribution in [0, 0.1) is 11.8 Å². The highest BCUT2D eigenvalue weighted by Crippen LogP contribution is 2.11. The van der Waals surface area contributed by atoms with Crippen LogP contribution in [0.3, 0.4) is 0 Å². The average molecular weight is 228 g/mol. The molecule has 0 aliphatic rings. The zero-order valence-corrected chi connectivity index (χ0v) is 11.6. The van der Waals surface area contributed by atoms with E-state index in [0.717, 1.165) is 19.0 Å². The molecule has 0 aromatic carbocycles. The Hall–Kier alpha value is -0.0800. The summed E-state index contributed by atoms with van der Waals surface area (Å²) in [5, 5.41) is 3.59. The molecule has 0 aromatic rings. The first-order valence-electron chi connectivity index (χ1n) is 7.19. The Balaban J connectivity index is 3.46. The fourth-order valence-corrected chi connectivity index (χ4v) is 2.04. The third kappa shape index (κ3) is 8.12. The fourth-order valence-electron chi connectivity index (χ4n) is 2.04. The van der Waals surface area contributed by atoms with E-state index in [-0.39, 0.29) is 0 Å². The van der Waals surface area contributed by atoms with Crippen LogP contribution in [0.5, 0.6) is 0 Å². The molecule has 0 aliphatic heterocycles. The van der Waals surface area contributed by atoms with Crippen molar-refractivity contribution >= 4 is 0 Å². The van der Waals surface area contributed by atoms with Crippen molar-refractivity contribution in [3.63, 3.8) is 0 Å². The molecule has 2 atom stereocenters. The molecule has 0 fully saturated rings. The van der Waals surface area contributed by atoms with Gasteiger partial charge in [-0.15, -0.1) is 0 Å². The SMILES string of the molecule is CCCCC(CC)CNCCC(CC)CN. The first-order chi connectivity index (χ1) is 7.78. The summed E-state index contributed by atoms with van der Waals surface area (Å²) >= 11 is 0. The fraction of sp³-hybridized carbons (Fsp3) is 1.00. The second-order valence-corrected chi connectivity index (χ2v) is 4.92. The van der Waals surface area contributed by atoms with Crippen LogP contribution in [-0.2, 0) is 0 Å². The van der Waals surface area contributed by atoms with Gasteiger partial charge >= 0.3 is 0 Å². The van der Waals surface area contributed by atoms with Gasteiger partial charge in [0.25, 0.3) is 0 Å². The normalized spacial score (nSPS) is 15.0. The minimum atomic E-state index is 0.711. The summed E-state index contributed by atoms with van der Waals surface area (Å²) in [4.78, 5) is 0. The number of rotatable bonds is 11. The van der Waals surface area contributed by atoms with Crippen LogP contribution in [0.25, 0.3) is 0 Å². The largest absolute Gasteiger partial charge is 0.330 e. The van der Waals surface area contributed by atoms with Gasteiger partial charge in [-0.2, -0.15) is 0 Å². The molecule has 2 nitrogen and oxygen atoms in total. The Labute approximate surface area is 102 Å². The molecule has 2 heteroatoms. The molecule has 0 radical (unpaired) electrons. The summed E-state index contributed by atoms with van der Waals surface area (Å²) < 4.78 is 0. The van der Waals surface area contributed by atoms with Crippen molar-refractivity contribution in [2.45, 2.75) is 59.3 Å². The van der Waals surface area contributed by atoms with Gasteiger partial charge in [-0.25, -0.2) is 0 Å². The zero-order chi connectivity index (χ0) is 12.2. The monoisotopic (exact) mass is 228 g/mol. The Morgan fingerprint density at radius 1 is 1.00 bits per heavy atom. The quantitative estimate of drug-likeness (QED) is 0.533. The second-order valence-electron chi connectivity index (χ2n) is 4.92. The maximum absolute atomic E-state index is 5.69. The van der Waals surface area contributed by atoms with Gasteiger partial charge in [0.05, 0.1) is 0 Å². The molecule has 2 unspecified atom stereocenters. The molecular formula is C14H32N2. The molecular weight excluding hydrogens is 196 g/mol. The van der Waals surface area contributed by atoms with E-state index in [9.17, 15) is 0 Å². The number of unbranched alkanes of at least 4 members (excludes halogenated alkanes) is 1. The molecule has 0 rings (SSSR count). The summed E-state index contributed by atoms with van der Waals surface area (Å²) in [6, 6.07) is 0. The van der Waals surface area contributed by atoms with Gasteiger partial charge in [0, 0.05) is 0 Å². The lowest BCUT2D eigenvalue weighted by Crippen LogP contribution is -2.26. The van der Waals surface area contributed by atoms with E-state index in [1.807, 2.05) is 0 Å². The van der Waals surface area contributed by atoms with Gasteiger partial charge in [0.2, 0.25) is 0 Å². The van der Waals surface area contributed by atoms with E-state index in [1.54, 1.807) is 0 Å². The number of hydrogen-bond acceptors (Lipinski definition) is 2. The van der Waals surface area contributed by atoms with Gasteiger partial charge in [-0.05, 0) is 44.3 Å². The lowest BCUT2D eigenvalue weighted by atomic mass is 9.99. The molecule has 0 saturated heterocycles. The van der Waals surface area contributed by atoms with E-state index in [0.29, 0.717) is 5.92 Å². The Morgan fingerprint density at radius 2 is 1.69 bits per heavy atom. The summed E-state index contributed by atoms with van der Waals surface area (Å²) in [7, 11) is 0. The third-order valence-electron chi connectivity index (χ3n) is 3.62. The van der Waals surface area contributed by atoms with Gasteiger partial charge in [-0.1, -0.05) is 46.5 Å². The van der Waals surface area contributed by atoms with Gasteiger partial charge in [0.1, 0.15) is 0 Å². The minimum absolute atomic E-state index is 0.711. The summed E-state index contributed by atoms with van der Waals surface area (Å²) in [5.74, 6) is 1.58. The Bertz CT molecular complexity index is 133. The molecule has 0 aliphatic carbocycles. The molecule has 3 N–H and O–H groups in total. The van der Waals surface area contributed by atoms with E-state index in [1.165, 1.54) is 45.1 Å². The second kappa shape index (κ2) is 11.4. The molecule has 0 heterocycles. The number of hydrogen-bond donors (Lipinski definition) is 2. The van der Waals surface area contributed by atoms with E-state index < -0.39 is 0 Å². The van der Waals surface area contributed by atoms with Crippen LogP contribution in [-0.4, -0.2) is 19.6 Å². The summed E-state index contributed by atoms with van der Waals surface area (Å²) in [6.45, 7) is 9.97. The Morgan fingerprint density at radius 3 is 2.19 bits per heavy atom. The lowest BCUT2D eigenvalue weighted by Gasteiger charge is -2.17. The molecule has 0 spiro atoms. The van der Waals surface area contributed by atoms with Gasteiger partial charge in [-0.3, -0.25) is 0 Å². The molecule has 0 saturated carbocycles. The molecule has 0 amide bonds. The molecule has 0 aromatic heterocycles. The van der Waals surface area contributed by atoms with E-state index in [4.69, 9.17) is 5.73 Å². The van der Waals surface area contributed by atoms with Gasteiger partial charge < -0.3 is 11.1 Å². The third-order valence-corrected chi connectivity index (χ3v) is 3.62. The van der Waals surface area contributed by atoms with E-state index >= 15 is 0 Å². The zero-order valence-electron chi connectivity index (χ0n) is 11.6.